The van der Waals surface area contributed by atoms with Crippen molar-refractivity contribution >= 4 is 11.4 Å². The number of benzene rings is 2. The van der Waals surface area contributed by atoms with Crippen molar-refractivity contribution in [3.05, 3.63) is 64.8 Å². The van der Waals surface area contributed by atoms with Crippen LogP contribution in [0.25, 0.3) is 5.69 Å². The Bertz CT molecular complexity index is 951. The maximum absolute atomic E-state index is 11.9. The number of hydrogen-bond acceptors (Lipinski definition) is 5. The number of aromatic amines is 1. The molecule has 1 aliphatic rings. The summed E-state index contributed by atoms with van der Waals surface area (Å²) >= 11 is 0. The van der Waals surface area contributed by atoms with Crippen molar-refractivity contribution in [2.45, 2.75) is 6.92 Å². The number of H-pyrrole nitrogens is 1. The van der Waals surface area contributed by atoms with Crippen LogP contribution in [0.2, 0.25) is 0 Å². The van der Waals surface area contributed by atoms with Gasteiger partial charge >= 0.3 is 5.69 Å². The van der Waals surface area contributed by atoms with E-state index in [1.807, 2.05) is 24.3 Å². The number of nitrogens with zero attached hydrogens (tertiary/aromatic N) is 4. The maximum Gasteiger partial charge on any atom is 0.348 e. The molecule has 1 N–H and O–H groups in total. The van der Waals surface area contributed by atoms with Gasteiger partial charge in [0.25, 0.3) is 0 Å². The summed E-state index contributed by atoms with van der Waals surface area (Å²) in [6, 6.07) is 16.2. The average Bonchev–Trinajstić information content (AvgIpc) is 3.06. The SMILES string of the molecule is COc1ccc(N2CCN(c3ccc(-n4nc(C)[nH]c4=O)cc3)CC2)cc1. The Morgan fingerprint density at radius 2 is 1.33 bits per heavy atom. The topological polar surface area (TPSA) is 66.4 Å². The van der Waals surface area contributed by atoms with Crippen LogP contribution in [0.15, 0.2) is 53.3 Å². The molecule has 4 rings (SSSR count). The fraction of sp³-hybridized carbons (Fsp3) is 0.300. The molecule has 0 saturated carbocycles. The van der Waals surface area contributed by atoms with E-state index < -0.39 is 0 Å². The smallest absolute Gasteiger partial charge is 0.348 e. The lowest BCUT2D eigenvalue weighted by molar-refractivity contribution is 0.415. The third-order valence-corrected chi connectivity index (χ3v) is 4.91. The van der Waals surface area contributed by atoms with Crippen molar-refractivity contribution in [1.29, 1.82) is 0 Å². The normalized spacial score (nSPS) is 14.4. The predicted octanol–water partition coefficient (Wildman–Crippen LogP) is 2.20. The summed E-state index contributed by atoms with van der Waals surface area (Å²) < 4.78 is 6.62. The van der Waals surface area contributed by atoms with E-state index in [0.717, 1.165) is 43.3 Å². The van der Waals surface area contributed by atoms with Crippen molar-refractivity contribution in [1.82, 2.24) is 14.8 Å². The summed E-state index contributed by atoms with van der Waals surface area (Å²) in [5.74, 6) is 1.49. The van der Waals surface area contributed by atoms with Gasteiger partial charge in [-0.1, -0.05) is 0 Å². The van der Waals surface area contributed by atoms with Gasteiger partial charge < -0.3 is 14.5 Å². The van der Waals surface area contributed by atoms with Crippen LogP contribution in [0.3, 0.4) is 0 Å². The molecule has 0 atom stereocenters. The van der Waals surface area contributed by atoms with Crippen molar-refractivity contribution in [3.63, 3.8) is 0 Å². The molecule has 0 aliphatic carbocycles. The number of piperazine rings is 1. The van der Waals surface area contributed by atoms with Crippen molar-refractivity contribution in [2.75, 3.05) is 43.1 Å². The van der Waals surface area contributed by atoms with Crippen LogP contribution in [0, 0.1) is 6.92 Å². The number of ether oxygens (including phenoxy) is 1. The van der Waals surface area contributed by atoms with E-state index in [4.69, 9.17) is 4.74 Å². The summed E-state index contributed by atoms with van der Waals surface area (Å²) in [5.41, 5.74) is 2.94. The van der Waals surface area contributed by atoms with Gasteiger partial charge in [0.05, 0.1) is 12.8 Å². The van der Waals surface area contributed by atoms with Crippen LogP contribution < -0.4 is 20.2 Å². The summed E-state index contributed by atoms with van der Waals surface area (Å²) in [5, 5.41) is 4.20. The van der Waals surface area contributed by atoms with E-state index in [-0.39, 0.29) is 5.69 Å². The first-order valence-electron chi connectivity index (χ1n) is 9.04. The minimum absolute atomic E-state index is 0.214. The minimum Gasteiger partial charge on any atom is -0.497 e. The Labute approximate surface area is 157 Å². The van der Waals surface area contributed by atoms with E-state index in [1.165, 1.54) is 10.4 Å². The van der Waals surface area contributed by atoms with Crippen LogP contribution in [-0.4, -0.2) is 48.1 Å². The highest BCUT2D eigenvalue weighted by Gasteiger charge is 2.18. The van der Waals surface area contributed by atoms with Gasteiger partial charge in [0.1, 0.15) is 11.6 Å². The van der Waals surface area contributed by atoms with Crippen LogP contribution in [0.4, 0.5) is 11.4 Å². The fourth-order valence-electron chi connectivity index (χ4n) is 3.42. The molecule has 2 aromatic carbocycles. The number of nitrogens with one attached hydrogen (secondary N) is 1. The molecular formula is C20H23N5O2. The summed E-state index contributed by atoms with van der Waals surface area (Å²) in [6.45, 7) is 5.60. The van der Waals surface area contributed by atoms with Gasteiger partial charge in [-0.3, -0.25) is 4.98 Å². The number of aromatic nitrogens is 3. The van der Waals surface area contributed by atoms with Crippen molar-refractivity contribution in [3.8, 4) is 11.4 Å². The third-order valence-electron chi connectivity index (χ3n) is 4.91. The summed E-state index contributed by atoms with van der Waals surface area (Å²) in [7, 11) is 1.68. The molecule has 140 valence electrons. The van der Waals surface area contributed by atoms with Crippen molar-refractivity contribution < 1.29 is 4.74 Å². The first-order chi connectivity index (χ1) is 13.1. The fourth-order valence-corrected chi connectivity index (χ4v) is 3.42. The molecule has 1 aliphatic heterocycles. The summed E-state index contributed by atoms with van der Waals surface area (Å²) in [4.78, 5) is 19.3. The summed E-state index contributed by atoms with van der Waals surface area (Å²) in [6.07, 6.45) is 0. The molecule has 0 amide bonds. The monoisotopic (exact) mass is 365 g/mol. The average molecular weight is 365 g/mol. The van der Waals surface area contributed by atoms with Crippen LogP contribution in [0.1, 0.15) is 5.82 Å². The highest BCUT2D eigenvalue weighted by Crippen LogP contribution is 2.23. The van der Waals surface area contributed by atoms with Crippen LogP contribution in [0.5, 0.6) is 5.75 Å². The van der Waals surface area contributed by atoms with Crippen LogP contribution >= 0.6 is 0 Å². The molecule has 7 heteroatoms. The standard InChI is InChI=1S/C20H23N5O2/c1-15-21-20(26)25(22-15)18-5-3-16(4-6-18)23-11-13-24(14-12-23)17-7-9-19(27-2)10-8-17/h3-10H,11-14H2,1-2H3,(H,21,22,26). The van der Waals surface area contributed by atoms with Crippen molar-refractivity contribution in [2.24, 2.45) is 0 Å². The molecule has 1 saturated heterocycles. The highest BCUT2D eigenvalue weighted by molar-refractivity contribution is 5.54. The number of hydrogen-bond donors (Lipinski definition) is 1. The van der Waals surface area contributed by atoms with Gasteiger partial charge in [0.15, 0.2) is 0 Å². The first kappa shape index (κ1) is 17.2. The van der Waals surface area contributed by atoms with E-state index in [2.05, 4.69) is 44.1 Å². The molecule has 0 spiro atoms. The second-order valence-corrected chi connectivity index (χ2v) is 6.62. The second-order valence-electron chi connectivity index (χ2n) is 6.62. The first-order valence-corrected chi connectivity index (χ1v) is 9.04. The van der Waals surface area contributed by atoms with Gasteiger partial charge in [0, 0.05) is 37.6 Å². The highest BCUT2D eigenvalue weighted by atomic mass is 16.5. The molecule has 0 unspecified atom stereocenters. The molecule has 27 heavy (non-hydrogen) atoms. The Morgan fingerprint density at radius 3 is 1.78 bits per heavy atom. The lowest BCUT2D eigenvalue weighted by Gasteiger charge is -2.37. The molecule has 0 bridgehead atoms. The Hall–Kier alpha value is -3.22. The second kappa shape index (κ2) is 7.19. The lowest BCUT2D eigenvalue weighted by atomic mass is 10.2. The zero-order valence-corrected chi connectivity index (χ0v) is 15.6. The van der Waals surface area contributed by atoms with E-state index in [9.17, 15) is 4.79 Å². The molecule has 3 aromatic rings. The van der Waals surface area contributed by atoms with Gasteiger partial charge in [-0.05, 0) is 55.5 Å². The van der Waals surface area contributed by atoms with E-state index in [1.54, 1.807) is 14.0 Å². The zero-order valence-electron chi connectivity index (χ0n) is 15.6. The van der Waals surface area contributed by atoms with Crippen LogP contribution in [-0.2, 0) is 0 Å². The van der Waals surface area contributed by atoms with Gasteiger partial charge in [0.2, 0.25) is 0 Å². The number of rotatable bonds is 4. The largest absolute Gasteiger partial charge is 0.497 e. The molecule has 1 fully saturated rings. The van der Waals surface area contributed by atoms with E-state index in [0.29, 0.717) is 5.82 Å². The predicted molar refractivity (Wildman–Crippen MR) is 106 cm³/mol. The number of anilines is 2. The molecule has 0 radical (unpaired) electrons. The van der Waals surface area contributed by atoms with Gasteiger partial charge in [-0.25, -0.2) is 4.79 Å². The Kier molecular flexibility index (Phi) is 4.58. The minimum atomic E-state index is -0.214. The quantitative estimate of drug-likeness (QED) is 0.768. The third kappa shape index (κ3) is 3.53. The molecule has 7 nitrogen and oxygen atoms in total. The lowest BCUT2D eigenvalue weighted by Crippen LogP contribution is -2.46. The Morgan fingerprint density at radius 1 is 0.852 bits per heavy atom. The molecule has 1 aromatic heterocycles. The molecular weight excluding hydrogens is 342 g/mol. The number of aryl methyl sites for hydroxylation is 1. The van der Waals surface area contributed by atoms with Gasteiger partial charge in [-0.15, -0.1) is 0 Å². The Balaban J connectivity index is 1.42. The van der Waals surface area contributed by atoms with E-state index >= 15 is 0 Å². The number of methoxy groups -OCH3 is 1. The molecule has 2 heterocycles. The maximum atomic E-state index is 11.9. The zero-order chi connectivity index (χ0) is 18.8. The van der Waals surface area contributed by atoms with Gasteiger partial charge in [-0.2, -0.15) is 9.78 Å².